The normalized spacial score (nSPS) is 21.3. The fraction of sp³-hybridized carbons (Fsp3) is 0.429. The Morgan fingerprint density at radius 1 is 1.38 bits per heavy atom. The highest BCUT2D eigenvalue weighted by Gasteiger charge is 2.39. The summed E-state index contributed by atoms with van der Waals surface area (Å²) in [7, 11) is 0. The number of halogens is 2. The van der Waals surface area contributed by atoms with Crippen LogP contribution in [0.25, 0.3) is 0 Å². The number of rotatable bonds is 4. The van der Waals surface area contributed by atoms with Gasteiger partial charge in [-0.05, 0) is 25.5 Å². The van der Waals surface area contributed by atoms with E-state index in [1.54, 1.807) is 0 Å². The van der Waals surface area contributed by atoms with E-state index in [2.05, 4.69) is 10.6 Å². The zero-order chi connectivity index (χ0) is 15.6. The average Bonchev–Trinajstić information content (AvgIpc) is 2.92. The van der Waals surface area contributed by atoms with Crippen molar-refractivity contribution in [3.05, 3.63) is 29.3 Å². The molecule has 1 heterocycles. The lowest BCUT2D eigenvalue weighted by Crippen LogP contribution is -2.38. The van der Waals surface area contributed by atoms with Crippen molar-refractivity contribution in [1.82, 2.24) is 5.32 Å². The van der Waals surface area contributed by atoms with Crippen LogP contribution in [-0.2, 0) is 4.79 Å². The van der Waals surface area contributed by atoms with Crippen molar-refractivity contribution in [3.8, 4) is 0 Å². The SMILES string of the molecule is CCC1(C(=O)Nc2cc(F)c(F)cc2C(=O)O)CCNC1. The minimum Gasteiger partial charge on any atom is -0.478 e. The molecule has 1 atom stereocenters. The van der Waals surface area contributed by atoms with Gasteiger partial charge in [0.2, 0.25) is 5.91 Å². The van der Waals surface area contributed by atoms with Gasteiger partial charge in [0.25, 0.3) is 0 Å². The molecular weight excluding hydrogens is 282 g/mol. The highest BCUT2D eigenvalue weighted by molar-refractivity contribution is 6.02. The van der Waals surface area contributed by atoms with Crippen LogP contribution in [0.1, 0.15) is 30.1 Å². The minimum absolute atomic E-state index is 0.230. The number of carbonyl (C=O) groups is 2. The molecule has 21 heavy (non-hydrogen) atoms. The lowest BCUT2D eigenvalue weighted by Gasteiger charge is -2.25. The number of hydrogen-bond acceptors (Lipinski definition) is 3. The summed E-state index contributed by atoms with van der Waals surface area (Å²) in [6.07, 6.45) is 1.18. The number of nitrogens with one attached hydrogen (secondary N) is 2. The van der Waals surface area contributed by atoms with Crippen LogP contribution in [-0.4, -0.2) is 30.1 Å². The Hall–Kier alpha value is -2.02. The van der Waals surface area contributed by atoms with Gasteiger partial charge in [-0.3, -0.25) is 4.79 Å². The van der Waals surface area contributed by atoms with E-state index in [0.29, 0.717) is 38.1 Å². The molecule has 1 aromatic rings. The maximum absolute atomic E-state index is 13.3. The van der Waals surface area contributed by atoms with E-state index in [9.17, 15) is 18.4 Å². The molecule has 5 nitrogen and oxygen atoms in total. The van der Waals surface area contributed by atoms with Gasteiger partial charge in [0, 0.05) is 12.6 Å². The van der Waals surface area contributed by atoms with Crippen LogP contribution in [0.3, 0.4) is 0 Å². The van der Waals surface area contributed by atoms with Crippen molar-refractivity contribution in [2.75, 3.05) is 18.4 Å². The maximum Gasteiger partial charge on any atom is 0.337 e. The Morgan fingerprint density at radius 2 is 2.05 bits per heavy atom. The maximum atomic E-state index is 13.3. The number of carboxylic acid groups (broad SMARTS) is 1. The summed E-state index contributed by atoms with van der Waals surface area (Å²) in [5, 5.41) is 14.5. The quantitative estimate of drug-likeness (QED) is 0.794. The van der Waals surface area contributed by atoms with E-state index < -0.39 is 28.6 Å². The highest BCUT2D eigenvalue weighted by Crippen LogP contribution is 2.32. The molecule has 2 rings (SSSR count). The Balaban J connectivity index is 2.32. The highest BCUT2D eigenvalue weighted by atomic mass is 19.2. The van der Waals surface area contributed by atoms with Gasteiger partial charge in [0.15, 0.2) is 11.6 Å². The van der Waals surface area contributed by atoms with Crippen molar-refractivity contribution in [2.24, 2.45) is 5.41 Å². The number of aromatic carboxylic acids is 1. The summed E-state index contributed by atoms with van der Waals surface area (Å²) in [5.41, 5.74) is -1.36. The number of carbonyl (C=O) groups excluding carboxylic acids is 1. The second-order valence-electron chi connectivity index (χ2n) is 5.13. The third-order valence-corrected chi connectivity index (χ3v) is 3.94. The first-order valence-corrected chi connectivity index (χ1v) is 6.64. The zero-order valence-corrected chi connectivity index (χ0v) is 11.5. The van der Waals surface area contributed by atoms with Crippen LogP contribution in [0, 0.1) is 17.0 Å². The number of hydrogen-bond donors (Lipinski definition) is 3. The van der Waals surface area contributed by atoms with Crippen molar-refractivity contribution in [3.63, 3.8) is 0 Å². The molecular formula is C14H16F2N2O3. The molecule has 1 unspecified atom stereocenters. The van der Waals surface area contributed by atoms with Gasteiger partial charge in [-0.25, -0.2) is 13.6 Å². The van der Waals surface area contributed by atoms with Gasteiger partial charge in [-0.1, -0.05) is 6.92 Å². The topological polar surface area (TPSA) is 78.4 Å². The molecule has 0 bridgehead atoms. The second kappa shape index (κ2) is 5.77. The van der Waals surface area contributed by atoms with Crippen molar-refractivity contribution < 1.29 is 23.5 Å². The number of carboxylic acids is 1. The lowest BCUT2D eigenvalue weighted by molar-refractivity contribution is -0.124. The van der Waals surface area contributed by atoms with Gasteiger partial charge in [0.05, 0.1) is 16.7 Å². The fourth-order valence-electron chi connectivity index (χ4n) is 2.48. The van der Waals surface area contributed by atoms with Crippen LogP contribution in [0.4, 0.5) is 14.5 Å². The van der Waals surface area contributed by atoms with Gasteiger partial charge in [0.1, 0.15) is 0 Å². The molecule has 1 aromatic carbocycles. The monoisotopic (exact) mass is 298 g/mol. The third-order valence-electron chi connectivity index (χ3n) is 3.94. The first-order valence-electron chi connectivity index (χ1n) is 6.64. The van der Waals surface area contributed by atoms with Crippen LogP contribution in [0.15, 0.2) is 12.1 Å². The Bertz CT molecular complexity index is 584. The van der Waals surface area contributed by atoms with Crippen molar-refractivity contribution in [1.29, 1.82) is 0 Å². The molecule has 0 radical (unpaired) electrons. The van der Waals surface area contributed by atoms with Gasteiger partial charge in [-0.15, -0.1) is 0 Å². The first-order chi connectivity index (χ1) is 9.89. The van der Waals surface area contributed by atoms with E-state index in [4.69, 9.17) is 5.11 Å². The summed E-state index contributed by atoms with van der Waals surface area (Å²) in [5.74, 6) is -4.29. The lowest BCUT2D eigenvalue weighted by atomic mass is 9.83. The van der Waals surface area contributed by atoms with Crippen molar-refractivity contribution >= 4 is 17.6 Å². The minimum atomic E-state index is -1.43. The zero-order valence-electron chi connectivity index (χ0n) is 11.5. The van der Waals surface area contributed by atoms with Gasteiger partial charge < -0.3 is 15.7 Å². The van der Waals surface area contributed by atoms with E-state index in [1.165, 1.54) is 0 Å². The molecule has 0 aromatic heterocycles. The first kappa shape index (κ1) is 15.4. The standard InChI is InChI=1S/C14H16F2N2O3/c1-2-14(3-4-17-7-14)13(21)18-11-6-10(16)9(15)5-8(11)12(19)20/h5-6,17H,2-4,7H2,1H3,(H,18,21)(H,19,20). The summed E-state index contributed by atoms with van der Waals surface area (Å²) in [6.45, 7) is 3.02. The number of amides is 1. The van der Waals surface area contributed by atoms with E-state index in [1.807, 2.05) is 6.92 Å². The van der Waals surface area contributed by atoms with E-state index in [0.717, 1.165) is 0 Å². The molecule has 0 aliphatic carbocycles. The van der Waals surface area contributed by atoms with E-state index >= 15 is 0 Å². The predicted molar refractivity (Wildman–Crippen MR) is 72.2 cm³/mol. The summed E-state index contributed by atoms with van der Waals surface area (Å²) in [4.78, 5) is 23.5. The van der Waals surface area contributed by atoms with Gasteiger partial charge >= 0.3 is 5.97 Å². The van der Waals surface area contributed by atoms with Crippen LogP contribution < -0.4 is 10.6 Å². The largest absolute Gasteiger partial charge is 0.478 e. The Labute approximate surface area is 120 Å². The molecule has 3 N–H and O–H groups in total. The summed E-state index contributed by atoms with van der Waals surface area (Å²) in [6, 6.07) is 1.27. The molecule has 0 saturated carbocycles. The molecule has 114 valence electrons. The molecule has 1 aliphatic heterocycles. The fourth-order valence-corrected chi connectivity index (χ4v) is 2.48. The predicted octanol–water partition coefficient (Wildman–Crippen LogP) is 1.99. The third kappa shape index (κ3) is 2.87. The summed E-state index contributed by atoms with van der Waals surface area (Å²) < 4.78 is 26.4. The molecule has 1 saturated heterocycles. The van der Waals surface area contributed by atoms with Crippen molar-refractivity contribution in [2.45, 2.75) is 19.8 Å². The Morgan fingerprint density at radius 3 is 2.57 bits per heavy atom. The molecule has 0 spiro atoms. The Kier molecular flexibility index (Phi) is 4.22. The molecule has 1 fully saturated rings. The smallest absolute Gasteiger partial charge is 0.337 e. The molecule has 1 amide bonds. The molecule has 1 aliphatic rings. The van der Waals surface area contributed by atoms with Crippen LogP contribution in [0.2, 0.25) is 0 Å². The average molecular weight is 298 g/mol. The number of benzene rings is 1. The number of anilines is 1. The van der Waals surface area contributed by atoms with Gasteiger partial charge in [-0.2, -0.15) is 0 Å². The van der Waals surface area contributed by atoms with Crippen LogP contribution in [0.5, 0.6) is 0 Å². The summed E-state index contributed by atoms with van der Waals surface area (Å²) >= 11 is 0. The van der Waals surface area contributed by atoms with Crippen LogP contribution >= 0.6 is 0 Å². The molecule has 7 heteroatoms. The van der Waals surface area contributed by atoms with E-state index in [-0.39, 0.29) is 11.6 Å². The second-order valence-corrected chi connectivity index (χ2v) is 5.13.